The van der Waals surface area contributed by atoms with Gasteiger partial charge in [0.25, 0.3) is 0 Å². The van der Waals surface area contributed by atoms with Gasteiger partial charge in [0.1, 0.15) is 11.5 Å². The molecule has 0 aliphatic rings. The molecule has 3 aromatic carbocycles. The van der Waals surface area contributed by atoms with E-state index in [9.17, 15) is 4.79 Å². The number of anilines is 1. The molecule has 0 atom stereocenters. The summed E-state index contributed by atoms with van der Waals surface area (Å²) in [5.41, 5.74) is 3.37. The fraction of sp³-hybridized carbons (Fsp3) is 0.208. The van der Waals surface area contributed by atoms with Crippen molar-refractivity contribution in [3.05, 3.63) is 90.0 Å². The lowest BCUT2D eigenvalue weighted by molar-refractivity contribution is -0.128. The average molecular weight is 374 g/mol. The Bertz CT molecular complexity index is 890. The van der Waals surface area contributed by atoms with Crippen LogP contribution < -0.4 is 10.1 Å². The predicted molar refractivity (Wildman–Crippen MR) is 114 cm³/mol. The van der Waals surface area contributed by atoms with E-state index in [4.69, 9.17) is 4.74 Å². The standard InChI is InChI=1S/C24H26N2O2/c1-26(2)24(27)16-13-19-11-14-21(15-12-19)25-18-20-7-6-10-23(17-20)28-22-8-4-3-5-9-22/h3-12,14-15,17,25H,13,16,18H2,1-2H3. The molecule has 28 heavy (non-hydrogen) atoms. The Labute approximate surface area is 166 Å². The van der Waals surface area contributed by atoms with Crippen molar-refractivity contribution in [2.75, 3.05) is 19.4 Å². The van der Waals surface area contributed by atoms with Crippen LogP contribution in [0.1, 0.15) is 17.5 Å². The van der Waals surface area contributed by atoms with Crippen LogP contribution >= 0.6 is 0 Å². The Morgan fingerprint density at radius 3 is 2.29 bits per heavy atom. The molecular formula is C24H26N2O2. The number of hydrogen-bond donors (Lipinski definition) is 1. The van der Waals surface area contributed by atoms with E-state index in [0.29, 0.717) is 13.0 Å². The van der Waals surface area contributed by atoms with E-state index >= 15 is 0 Å². The third-order valence-electron chi connectivity index (χ3n) is 4.45. The van der Waals surface area contributed by atoms with Crippen LogP contribution in [0.3, 0.4) is 0 Å². The van der Waals surface area contributed by atoms with E-state index in [1.54, 1.807) is 19.0 Å². The number of hydrogen-bond acceptors (Lipinski definition) is 3. The first-order valence-electron chi connectivity index (χ1n) is 9.45. The first-order chi connectivity index (χ1) is 13.6. The third kappa shape index (κ3) is 5.88. The van der Waals surface area contributed by atoms with Crippen molar-refractivity contribution in [2.45, 2.75) is 19.4 Å². The maximum absolute atomic E-state index is 11.7. The highest BCUT2D eigenvalue weighted by molar-refractivity contribution is 5.75. The second-order valence-corrected chi connectivity index (χ2v) is 6.90. The molecule has 0 fully saturated rings. The Morgan fingerprint density at radius 2 is 1.57 bits per heavy atom. The summed E-state index contributed by atoms with van der Waals surface area (Å²) in [6, 6.07) is 26.1. The topological polar surface area (TPSA) is 41.6 Å². The number of carbonyl (C=O) groups is 1. The molecule has 0 aliphatic heterocycles. The van der Waals surface area contributed by atoms with Crippen molar-refractivity contribution in [3.63, 3.8) is 0 Å². The predicted octanol–water partition coefficient (Wildman–Crippen LogP) is 5.11. The normalized spacial score (nSPS) is 10.4. The Kier molecular flexibility index (Phi) is 6.68. The maximum Gasteiger partial charge on any atom is 0.222 e. The first kappa shape index (κ1) is 19.5. The van der Waals surface area contributed by atoms with Crippen LogP contribution in [0.4, 0.5) is 5.69 Å². The van der Waals surface area contributed by atoms with Gasteiger partial charge in [-0.15, -0.1) is 0 Å². The summed E-state index contributed by atoms with van der Waals surface area (Å²) < 4.78 is 5.89. The molecule has 0 radical (unpaired) electrons. The van der Waals surface area contributed by atoms with Crippen molar-refractivity contribution in [3.8, 4) is 11.5 Å². The van der Waals surface area contributed by atoms with Gasteiger partial charge in [-0.3, -0.25) is 4.79 Å². The number of rotatable bonds is 8. The molecule has 0 aliphatic carbocycles. The highest BCUT2D eigenvalue weighted by Gasteiger charge is 2.04. The summed E-state index contributed by atoms with van der Waals surface area (Å²) in [5.74, 6) is 1.81. The van der Waals surface area contributed by atoms with Gasteiger partial charge in [0.05, 0.1) is 0 Å². The lowest BCUT2D eigenvalue weighted by atomic mass is 10.1. The first-order valence-corrected chi connectivity index (χ1v) is 9.45. The number of nitrogens with one attached hydrogen (secondary N) is 1. The van der Waals surface area contributed by atoms with Crippen molar-refractivity contribution in [1.82, 2.24) is 4.90 Å². The Balaban J connectivity index is 1.52. The highest BCUT2D eigenvalue weighted by atomic mass is 16.5. The van der Waals surface area contributed by atoms with Crippen LogP contribution in [0, 0.1) is 0 Å². The fourth-order valence-electron chi connectivity index (χ4n) is 2.81. The van der Waals surface area contributed by atoms with Gasteiger partial charge in [-0.1, -0.05) is 42.5 Å². The minimum absolute atomic E-state index is 0.153. The number of amides is 1. The van der Waals surface area contributed by atoms with E-state index in [1.807, 2.05) is 48.5 Å². The van der Waals surface area contributed by atoms with Crippen molar-refractivity contribution in [2.24, 2.45) is 0 Å². The molecule has 3 aromatic rings. The van der Waals surface area contributed by atoms with Gasteiger partial charge in [-0.05, 0) is 53.9 Å². The molecule has 3 rings (SSSR count). The second-order valence-electron chi connectivity index (χ2n) is 6.90. The summed E-state index contributed by atoms with van der Waals surface area (Å²) in [4.78, 5) is 13.3. The van der Waals surface area contributed by atoms with Crippen LogP contribution in [0.5, 0.6) is 11.5 Å². The zero-order valence-electron chi connectivity index (χ0n) is 16.4. The van der Waals surface area contributed by atoms with Crippen molar-refractivity contribution < 1.29 is 9.53 Å². The number of carbonyl (C=O) groups excluding carboxylic acids is 1. The van der Waals surface area contributed by atoms with E-state index in [0.717, 1.165) is 29.2 Å². The number of aryl methyl sites for hydroxylation is 1. The lowest BCUT2D eigenvalue weighted by Crippen LogP contribution is -2.21. The number of ether oxygens (including phenoxy) is 1. The second kappa shape index (κ2) is 9.60. The van der Waals surface area contributed by atoms with Crippen molar-refractivity contribution in [1.29, 1.82) is 0 Å². The summed E-state index contributed by atoms with van der Waals surface area (Å²) >= 11 is 0. The van der Waals surface area contributed by atoms with Crippen molar-refractivity contribution >= 4 is 11.6 Å². The molecule has 0 saturated carbocycles. The molecule has 4 nitrogen and oxygen atoms in total. The molecule has 1 amide bonds. The number of para-hydroxylation sites is 1. The van der Waals surface area contributed by atoms with E-state index in [2.05, 4.69) is 35.6 Å². The maximum atomic E-state index is 11.7. The van der Waals surface area contributed by atoms with Gasteiger partial charge < -0.3 is 15.0 Å². The molecule has 0 aromatic heterocycles. The molecule has 0 unspecified atom stereocenters. The average Bonchev–Trinajstić information content (AvgIpc) is 2.72. The molecule has 0 spiro atoms. The Hall–Kier alpha value is -3.27. The number of nitrogens with zero attached hydrogens (tertiary/aromatic N) is 1. The van der Waals surface area contributed by atoms with Crippen LogP contribution in [-0.4, -0.2) is 24.9 Å². The summed E-state index contributed by atoms with van der Waals surface area (Å²) in [6.07, 6.45) is 1.30. The molecule has 0 saturated heterocycles. The smallest absolute Gasteiger partial charge is 0.222 e. The summed E-state index contributed by atoms with van der Waals surface area (Å²) in [5, 5.41) is 3.43. The van der Waals surface area contributed by atoms with E-state index in [-0.39, 0.29) is 5.91 Å². The molecule has 0 bridgehead atoms. The summed E-state index contributed by atoms with van der Waals surface area (Å²) in [7, 11) is 3.57. The number of benzene rings is 3. The monoisotopic (exact) mass is 374 g/mol. The van der Waals surface area contributed by atoms with Crippen LogP contribution in [0.15, 0.2) is 78.9 Å². The van der Waals surface area contributed by atoms with E-state index < -0.39 is 0 Å². The third-order valence-corrected chi connectivity index (χ3v) is 4.45. The highest BCUT2D eigenvalue weighted by Crippen LogP contribution is 2.22. The fourth-order valence-corrected chi connectivity index (χ4v) is 2.81. The van der Waals surface area contributed by atoms with Gasteiger partial charge >= 0.3 is 0 Å². The molecule has 0 heterocycles. The lowest BCUT2D eigenvalue weighted by Gasteiger charge is -2.11. The van der Waals surface area contributed by atoms with Crippen LogP contribution in [0.25, 0.3) is 0 Å². The zero-order chi connectivity index (χ0) is 19.8. The molecule has 144 valence electrons. The minimum atomic E-state index is 0.153. The quantitative estimate of drug-likeness (QED) is 0.596. The molecule has 4 heteroatoms. The van der Waals surface area contributed by atoms with Gasteiger partial charge in [0.2, 0.25) is 5.91 Å². The van der Waals surface area contributed by atoms with Crippen LogP contribution in [-0.2, 0) is 17.8 Å². The molecular weight excluding hydrogens is 348 g/mol. The Morgan fingerprint density at radius 1 is 0.857 bits per heavy atom. The largest absolute Gasteiger partial charge is 0.457 e. The van der Waals surface area contributed by atoms with Gasteiger partial charge in [0, 0.05) is 32.7 Å². The van der Waals surface area contributed by atoms with Gasteiger partial charge in [0.15, 0.2) is 0 Å². The SMILES string of the molecule is CN(C)C(=O)CCc1ccc(NCc2cccc(Oc3ccccc3)c2)cc1. The van der Waals surface area contributed by atoms with Crippen LogP contribution in [0.2, 0.25) is 0 Å². The van der Waals surface area contributed by atoms with Gasteiger partial charge in [-0.2, -0.15) is 0 Å². The van der Waals surface area contributed by atoms with E-state index in [1.165, 1.54) is 5.56 Å². The minimum Gasteiger partial charge on any atom is -0.457 e. The molecule has 1 N–H and O–H groups in total. The summed E-state index contributed by atoms with van der Waals surface area (Å²) in [6.45, 7) is 0.713. The zero-order valence-corrected chi connectivity index (χ0v) is 16.4. The van der Waals surface area contributed by atoms with Gasteiger partial charge in [-0.25, -0.2) is 0 Å².